The zero-order valence-electron chi connectivity index (χ0n) is 13.9. The van der Waals surface area contributed by atoms with Crippen LogP contribution in [0.5, 0.6) is 0 Å². The summed E-state index contributed by atoms with van der Waals surface area (Å²) in [6.45, 7) is 4.19. The highest BCUT2D eigenvalue weighted by atomic mass is 16.3. The van der Waals surface area contributed by atoms with Gasteiger partial charge in [0.05, 0.1) is 6.10 Å². The highest BCUT2D eigenvalue weighted by molar-refractivity contribution is 5.97. The number of carbonyl (C=O) groups is 2. The van der Waals surface area contributed by atoms with Crippen molar-refractivity contribution in [2.45, 2.75) is 64.6 Å². The molecule has 0 amide bonds. The molecule has 0 aliphatic heterocycles. The first kappa shape index (κ1) is 15.5. The number of rotatable bonds is 0. The van der Waals surface area contributed by atoms with Crippen molar-refractivity contribution < 1.29 is 19.8 Å². The molecule has 0 aromatic heterocycles. The Hall–Kier alpha value is -1.00. The molecule has 0 heterocycles. The second-order valence-electron chi connectivity index (χ2n) is 8.70. The predicted octanol–water partition coefficient (Wildman–Crippen LogP) is 2.03. The lowest BCUT2D eigenvalue weighted by Crippen LogP contribution is -2.53. The van der Waals surface area contributed by atoms with E-state index in [2.05, 4.69) is 6.92 Å². The molecule has 0 spiro atoms. The second-order valence-corrected chi connectivity index (χ2v) is 8.70. The summed E-state index contributed by atoms with van der Waals surface area (Å²) >= 11 is 0. The summed E-state index contributed by atoms with van der Waals surface area (Å²) in [6.07, 6.45) is 4.91. The lowest BCUT2D eigenvalue weighted by molar-refractivity contribution is -0.141. The molecule has 1 unspecified atom stereocenters. The van der Waals surface area contributed by atoms with Crippen molar-refractivity contribution >= 4 is 11.6 Å². The van der Waals surface area contributed by atoms with Gasteiger partial charge in [-0.2, -0.15) is 0 Å². The number of hydrogen-bond donors (Lipinski definition) is 2. The summed E-state index contributed by atoms with van der Waals surface area (Å²) in [4.78, 5) is 25.3. The van der Waals surface area contributed by atoms with Crippen LogP contribution in [0.4, 0.5) is 0 Å². The number of aliphatic hydroxyl groups is 2. The van der Waals surface area contributed by atoms with E-state index in [9.17, 15) is 19.8 Å². The van der Waals surface area contributed by atoms with E-state index in [0.717, 1.165) is 31.3 Å². The molecule has 0 bridgehead atoms. The smallest absolute Gasteiger partial charge is 0.167 e. The van der Waals surface area contributed by atoms with Crippen LogP contribution in [-0.2, 0) is 9.59 Å². The first-order valence-electron chi connectivity index (χ1n) is 8.93. The van der Waals surface area contributed by atoms with E-state index in [1.807, 2.05) is 6.92 Å². The van der Waals surface area contributed by atoms with Gasteiger partial charge >= 0.3 is 0 Å². The maximum atomic E-state index is 12.9. The van der Waals surface area contributed by atoms with Crippen LogP contribution in [0.2, 0.25) is 0 Å². The quantitative estimate of drug-likeness (QED) is 0.717. The fraction of sp³-hybridized carbons (Fsp3) is 0.789. The Balaban J connectivity index is 1.76. The molecule has 4 heteroatoms. The number of allylic oxidation sites excluding steroid dienone is 1. The molecule has 4 aliphatic rings. The van der Waals surface area contributed by atoms with Crippen molar-refractivity contribution in [2.24, 2.45) is 28.6 Å². The summed E-state index contributed by atoms with van der Waals surface area (Å²) in [5.74, 6) is 0.136. The van der Waals surface area contributed by atoms with Gasteiger partial charge in [0.1, 0.15) is 6.10 Å². The van der Waals surface area contributed by atoms with Crippen molar-refractivity contribution in [2.75, 3.05) is 0 Å². The molecule has 0 aromatic rings. The zero-order chi connectivity index (χ0) is 16.6. The number of aliphatic hydroxyl groups excluding tert-OH is 2. The van der Waals surface area contributed by atoms with Crippen molar-refractivity contribution in [1.29, 1.82) is 0 Å². The predicted molar refractivity (Wildman–Crippen MR) is 84.5 cm³/mol. The third-order valence-corrected chi connectivity index (χ3v) is 7.65. The average Bonchev–Trinajstić information content (AvgIpc) is 2.73. The largest absolute Gasteiger partial charge is 0.393 e. The maximum absolute atomic E-state index is 12.9. The molecular weight excluding hydrogens is 292 g/mol. The normalized spacial score (nSPS) is 52.5. The molecule has 0 saturated heterocycles. The lowest BCUT2D eigenvalue weighted by Gasteiger charge is -2.55. The van der Waals surface area contributed by atoms with E-state index in [1.54, 1.807) is 6.08 Å². The number of ketones is 2. The summed E-state index contributed by atoms with van der Waals surface area (Å²) < 4.78 is 0. The first-order valence-corrected chi connectivity index (χ1v) is 8.93. The molecule has 23 heavy (non-hydrogen) atoms. The summed E-state index contributed by atoms with van der Waals surface area (Å²) in [6, 6.07) is 0. The van der Waals surface area contributed by atoms with Crippen molar-refractivity contribution in [3.05, 3.63) is 11.6 Å². The monoisotopic (exact) mass is 318 g/mol. The van der Waals surface area contributed by atoms with E-state index < -0.39 is 11.5 Å². The van der Waals surface area contributed by atoms with Crippen molar-refractivity contribution in [3.8, 4) is 0 Å². The molecule has 3 saturated carbocycles. The van der Waals surface area contributed by atoms with Crippen LogP contribution in [0.25, 0.3) is 0 Å². The van der Waals surface area contributed by atoms with Gasteiger partial charge < -0.3 is 10.2 Å². The third-order valence-electron chi connectivity index (χ3n) is 7.65. The Bertz CT molecular complexity index is 608. The van der Waals surface area contributed by atoms with Crippen LogP contribution in [0.15, 0.2) is 11.6 Å². The van der Waals surface area contributed by atoms with Gasteiger partial charge in [-0.3, -0.25) is 9.59 Å². The highest BCUT2D eigenvalue weighted by Gasteiger charge is 2.62. The zero-order valence-corrected chi connectivity index (χ0v) is 13.9. The fourth-order valence-corrected chi connectivity index (χ4v) is 6.18. The van der Waals surface area contributed by atoms with Crippen LogP contribution in [-0.4, -0.2) is 34.0 Å². The molecule has 2 N–H and O–H groups in total. The maximum Gasteiger partial charge on any atom is 0.167 e. The Morgan fingerprint density at radius 3 is 2.48 bits per heavy atom. The highest BCUT2D eigenvalue weighted by Crippen LogP contribution is 2.63. The van der Waals surface area contributed by atoms with Gasteiger partial charge in [-0.15, -0.1) is 0 Å². The van der Waals surface area contributed by atoms with Gasteiger partial charge in [-0.05, 0) is 61.9 Å². The van der Waals surface area contributed by atoms with Crippen molar-refractivity contribution in [1.82, 2.24) is 0 Å². The molecule has 126 valence electrons. The van der Waals surface area contributed by atoms with E-state index in [0.29, 0.717) is 12.8 Å². The molecule has 4 nitrogen and oxygen atoms in total. The minimum atomic E-state index is -0.900. The van der Waals surface area contributed by atoms with E-state index >= 15 is 0 Å². The topological polar surface area (TPSA) is 74.6 Å². The third kappa shape index (κ3) is 1.91. The summed E-state index contributed by atoms with van der Waals surface area (Å²) in [5, 5.41) is 20.1. The molecular formula is C19H26O4. The van der Waals surface area contributed by atoms with Gasteiger partial charge in [0.2, 0.25) is 0 Å². The number of hydrogen-bond acceptors (Lipinski definition) is 4. The minimum absolute atomic E-state index is 0.0299. The Morgan fingerprint density at radius 2 is 1.74 bits per heavy atom. The number of carbonyl (C=O) groups excluding carboxylic acids is 2. The molecule has 7 atom stereocenters. The van der Waals surface area contributed by atoms with E-state index in [4.69, 9.17) is 0 Å². The van der Waals surface area contributed by atoms with Crippen LogP contribution in [0.1, 0.15) is 52.4 Å². The Labute approximate surface area is 137 Å². The van der Waals surface area contributed by atoms with E-state index in [-0.39, 0.29) is 40.8 Å². The molecule has 3 fully saturated rings. The van der Waals surface area contributed by atoms with Crippen LogP contribution >= 0.6 is 0 Å². The van der Waals surface area contributed by atoms with Gasteiger partial charge in [-0.25, -0.2) is 0 Å². The number of Topliss-reactive ketones (excluding diaryl/α,β-unsaturated/α-hetero) is 1. The minimum Gasteiger partial charge on any atom is -0.393 e. The Morgan fingerprint density at radius 1 is 1.04 bits per heavy atom. The van der Waals surface area contributed by atoms with Gasteiger partial charge in [0, 0.05) is 11.3 Å². The average molecular weight is 318 g/mol. The lowest BCUT2D eigenvalue weighted by atomic mass is 9.48. The van der Waals surface area contributed by atoms with Crippen LogP contribution in [0.3, 0.4) is 0 Å². The summed E-state index contributed by atoms with van der Waals surface area (Å²) in [7, 11) is 0. The van der Waals surface area contributed by atoms with Gasteiger partial charge in [0.25, 0.3) is 0 Å². The molecule has 4 aliphatic carbocycles. The number of fused-ring (bicyclic) bond motifs is 5. The molecule has 4 rings (SSSR count). The molecule has 0 radical (unpaired) electrons. The summed E-state index contributed by atoms with van der Waals surface area (Å²) in [5.41, 5.74) is 0.540. The standard InChI is InChI=1S/C19H26O4/c1-18-5-3-11(20)7-10(18)8-14(21)16-12(18)4-6-19(2)13(16)9-15(22)17(19)23/h8,11-13,15-16,20,22H,3-7,9H2,1-2H3/t11-,12-,13-,15?,16+,18-,19-/m0/s1. The van der Waals surface area contributed by atoms with E-state index in [1.165, 1.54) is 0 Å². The second kappa shape index (κ2) is 4.76. The van der Waals surface area contributed by atoms with Gasteiger partial charge in [-0.1, -0.05) is 19.4 Å². The van der Waals surface area contributed by atoms with Gasteiger partial charge in [0.15, 0.2) is 11.6 Å². The molecule has 0 aromatic carbocycles. The fourth-order valence-electron chi connectivity index (χ4n) is 6.18. The Kier molecular flexibility index (Phi) is 3.21. The SMILES string of the molecule is C[C@]12CC[C@H](O)CC1=CC(=O)[C@@H]1[C@@H]2CC[C@]2(C)C(=O)C(O)C[C@@H]12. The van der Waals surface area contributed by atoms with Crippen molar-refractivity contribution in [3.63, 3.8) is 0 Å². The first-order chi connectivity index (χ1) is 10.8. The van der Waals surface area contributed by atoms with Crippen LogP contribution < -0.4 is 0 Å². The van der Waals surface area contributed by atoms with Crippen LogP contribution in [0, 0.1) is 28.6 Å².